The van der Waals surface area contributed by atoms with Crippen molar-refractivity contribution in [1.82, 2.24) is 15.2 Å². The van der Waals surface area contributed by atoms with Crippen molar-refractivity contribution in [2.45, 2.75) is 39.3 Å². The number of aryl methyl sites for hydroxylation is 1. The standard InChI is InChI=1S/C18H21N3O2S/c1-12-7-9-24-17(12)18(23)21-8-3-4-16(21)15-6-5-14(11-20-15)10-19-13(2)22/h5-7,9,11,16H,3-4,8,10H2,1-2H3,(H,19,22)/t16-/m0/s1. The summed E-state index contributed by atoms with van der Waals surface area (Å²) >= 11 is 1.50. The lowest BCUT2D eigenvalue weighted by atomic mass is 10.1. The van der Waals surface area contributed by atoms with Gasteiger partial charge in [-0.2, -0.15) is 0 Å². The fourth-order valence-corrected chi connectivity index (χ4v) is 3.88. The SMILES string of the molecule is CC(=O)NCc1ccc([C@@H]2CCCN2C(=O)c2sccc2C)nc1. The van der Waals surface area contributed by atoms with E-state index in [0.29, 0.717) is 6.54 Å². The molecule has 0 aromatic carbocycles. The highest BCUT2D eigenvalue weighted by Crippen LogP contribution is 2.33. The average Bonchev–Trinajstić information content (AvgIpc) is 3.21. The number of rotatable bonds is 4. The van der Waals surface area contributed by atoms with Crippen molar-refractivity contribution in [2.75, 3.05) is 6.54 Å². The van der Waals surface area contributed by atoms with Crippen molar-refractivity contribution in [3.8, 4) is 0 Å². The molecule has 1 N–H and O–H groups in total. The highest BCUT2D eigenvalue weighted by atomic mass is 32.1. The molecule has 24 heavy (non-hydrogen) atoms. The van der Waals surface area contributed by atoms with E-state index < -0.39 is 0 Å². The van der Waals surface area contributed by atoms with Crippen molar-refractivity contribution in [3.63, 3.8) is 0 Å². The van der Waals surface area contributed by atoms with Gasteiger partial charge in [0.05, 0.1) is 16.6 Å². The monoisotopic (exact) mass is 343 g/mol. The van der Waals surface area contributed by atoms with Gasteiger partial charge in [0.2, 0.25) is 5.91 Å². The van der Waals surface area contributed by atoms with Crippen LogP contribution in [0.3, 0.4) is 0 Å². The van der Waals surface area contributed by atoms with Gasteiger partial charge in [-0.1, -0.05) is 6.07 Å². The molecule has 0 saturated carbocycles. The summed E-state index contributed by atoms with van der Waals surface area (Å²) in [5.74, 6) is 0.0482. The Morgan fingerprint density at radius 1 is 1.38 bits per heavy atom. The zero-order valence-corrected chi connectivity index (χ0v) is 14.7. The number of pyridine rings is 1. The largest absolute Gasteiger partial charge is 0.352 e. The van der Waals surface area contributed by atoms with Crippen molar-refractivity contribution in [2.24, 2.45) is 0 Å². The number of hydrogen-bond donors (Lipinski definition) is 1. The fraction of sp³-hybridized carbons (Fsp3) is 0.389. The maximum Gasteiger partial charge on any atom is 0.264 e. The zero-order valence-electron chi connectivity index (χ0n) is 13.9. The summed E-state index contributed by atoms with van der Waals surface area (Å²) < 4.78 is 0. The Balaban J connectivity index is 1.74. The molecule has 0 spiro atoms. The molecule has 1 fully saturated rings. The van der Waals surface area contributed by atoms with Gasteiger partial charge in [0, 0.05) is 26.2 Å². The highest BCUT2D eigenvalue weighted by Gasteiger charge is 2.32. The number of likely N-dealkylation sites (tertiary alicyclic amines) is 1. The zero-order chi connectivity index (χ0) is 17.1. The topological polar surface area (TPSA) is 62.3 Å². The number of nitrogens with one attached hydrogen (secondary N) is 1. The fourth-order valence-electron chi connectivity index (χ4n) is 3.00. The minimum Gasteiger partial charge on any atom is -0.352 e. The highest BCUT2D eigenvalue weighted by molar-refractivity contribution is 7.12. The first-order chi connectivity index (χ1) is 11.6. The van der Waals surface area contributed by atoms with E-state index in [0.717, 1.165) is 41.1 Å². The molecule has 1 atom stereocenters. The third kappa shape index (κ3) is 3.48. The first-order valence-electron chi connectivity index (χ1n) is 8.10. The van der Waals surface area contributed by atoms with Crippen LogP contribution in [0.15, 0.2) is 29.8 Å². The number of amides is 2. The summed E-state index contributed by atoms with van der Waals surface area (Å²) in [6.45, 7) is 4.72. The van der Waals surface area contributed by atoms with E-state index in [1.165, 1.54) is 18.3 Å². The summed E-state index contributed by atoms with van der Waals surface area (Å²) in [5, 5.41) is 4.72. The second kappa shape index (κ2) is 7.13. The summed E-state index contributed by atoms with van der Waals surface area (Å²) in [4.78, 5) is 31.1. The van der Waals surface area contributed by atoms with Crippen LogP contribution in [0.4, 0.5) is 0 Å². The first kappa shape index (κ1) is 16.6. The van der Waals surface area contributed by atoms with Gasteiger partial charge in [0.25, 0.3) is 5.91 Å². The summed E-state index contributed by atoms with van der Waals surface area (Å²) in [6, 6.07) is 5.95. The minimum atomic E-state index is -0.0574. The Hall–Kier alpha value is -2.21. The van der Waals surface area contributed by atoms with Crippen LogP contribution in [0.25, 0.3) is 0 Å². The Kier molecular flexibility index (Phi) is 4.94. The van der Waals surface area contributed by atoms with Crippen molar-refractivity contribution in [1.29, 1.82) is 0 Å². The van der Waals surface area contributed by atoms with Crippen LogP contribution >= 0.6 is 11.3 Å². The quantitative estimate of drug-likeness (QED) is 0.928. The number of aromatic nitrogens is 1. The van der Waals surface area contributed by atoms with Crippen molar-refractivity contribution < 1.29 is 9.59 Å². The first-order valence-corrected chi connectivity index (χ1v) is 8.98. The third-order valence-electron chi connectivity index (χ3n) is 4.30. The van der Waals surface area contributed by atoms with Gasteiger partial charge in [-0.15, -0.1) is 11.3 Å². The van der Waals surface area contributed by atoms with Gasteiger partial charge in [-0.25, -0.2) is 0 Å². The molecule has 0 bridgehead atoms. The van der Waals surface area contributed by atoms with E-state index in [1.54, 1.807) is 6.20 Å². The van der Waals surface area contributed by atoms with Crippen molar-refractivity contribution >= 4 is 23.2 Å². The van der Waals surface area contributed by atoms with Gasteiger partial charge < -0.3 is 10.2 Å². The predicted molar refractivity (Wildman–Crippen MR) is 93.8 cm³/mol. The molecule has 126 valence electrons. The van der Waals surface area contributed by atoms with E-state index in [2.05, 4.69) is 10.3 Å². The summed E-state index contributed by atoms with van der Waals surface area (Å²) in [7, 11) is 0. The van der Waals surface area contributed by atoms with E-state index in [1.807, 2.05) is 35.4 Å². The second-order valence-corrected chi connectivity index (χ2v) is 7.01. The Labute approximate surface area is 145 Å². The maximum atomic E-state index is 12.8. The van der Waals surface area contributed by atoms with E-state index in [-0.39, 0.29) is 17.9 Å². The second-order valence-electron chi connectivity index (χ2n) is 6.09. The van der Waals surface area contributed by atoms with Gasteiger partial charge in [-0.3, -0.25) is 14.6 Å². The molecular formula is C18H21N3O2S. The third-order valence-corrected chi connectivity index (χ3v) is 5.30. The van der Waals surface area contributed by atoms with E-state index >= 15 is 0 Å². The van der Waals surface area contributed by atoms with Crippen LogP contribution in [0.5, 0.6) is 0 Å². The molecule has 2 amide bonds. The lowest BCUT2D eigenvalue weighted by molar-refractivity contribution is -0.119. The normalized spacial score (nSPS) is 17.1. The molecule has 3 rings (SSSR count). The summed E-state index contributed by atoms with van der Waals surface area (Å²) in [6.07, 6.45) is 3.72. The smallest absolute Gasteiger partial charge is 0.264 e. The summed E-state index contributed by atoms with van der Waals surface area (Å²) in [5.41, 5.74) is 2.91. The van der Waals surface area contributed by atoms with Crippen LogP contribution < -0.4 is 5.32 Å². The molecule has 0 aliphatic carbocycles. The molecule has 1 aliphatic rings. The number of carbonyl (C=O) groups is 2. The van der Waals surface area contributed by atoms with Gasteiger partial charge >= 0.3 is 0 Å². The molecule has 3 heterocycles. The molecular weight excluding hydrogens is 322 g/mol. The molecule has 2 aromatic rings. The molecule has 1 saturated heterocycles. The predicted octanol–water partition coefficient (Wildman–Crippen LogP) is 3.06. The number of carbonyl (C=O) groups excluding carboxylic acids is 2. The van der Waals surface area contributed by atoms with Crippen LogP contribution in [0.2, 0.25) is 0 Å². The van der Waals surface area contributed by atoms with Crippen LogP contribution in [-0.2, 0) is 11.3 Å². The van der Waals surface area contributed by atoms with Gasteiger partial charge in [0.1, 0.15) is 0 Å². The lowest BCUT2D eigenvalue weighted by Gasteiger charge is -2.24. The number of nitrogens with zero attached hydrogens (tertiary/aromatic N) is 2. The van der Waals surface area contributed by atoms with Crippen LogP contribution in [0.1, 0.15) is 52.3 Å². The molecule has 0 radical (unpaired) electrons. The average molecular weight is 343 g/mol. The molecule has 0 unspecified atom stereocenters. The van der Waals surface area contributed by atoms with Gasteiger partial charge in [-0.05, 0) is 48.4 Å². The van der Waals surface area contributed by atoms with Crippen LogP contribution in [0, 0.1) is 6.92 Å². The Bertz CT molecular complexity index is 739. The molecule has 6 heteroatoms. The van der Waals surface area contributed by atoms with E-state index in [4.69, 9.17) is 0 Å². The molecule has 1 aliphatic heterocycles. The maximum absolute atomic E-state index is 12.8. The number of thiophene rings is 1. The Morgan fingerprint density at radius 3 is 2.83 bits per heavy atom. The van der Waals surface area contributed by atoms with Crippen molar-refractivity contribution in [3.05, 3.63) is 51.5 Å². The minimum absolute atomic E-state index is 0.0359. The van der Waals surface area contributed by atoms with Crippen LogP contribution in [-0.4, -0.2) is 28.2 Å². The van der Waals surface area contributed by atoms with E-state index in [9.17, 15) is 9.59 Å². The van der Waals surface area contributed by atoms with Gasteiger partial charge in [0.15, 0.2) is 0 Å². The Morgan fingerprint density at radius 2 is 2.21 bits per heavy atom. The number of hydrogen-bond acceptors (Lipinski definition) is 4. The lowest BCUT2D eigenvalue weighted by Crippen LogP contribution is -2.30. The molecule has 2 aromatic heterocycles. The molecule has 5 nitrogen and oxygen atoms in total.